The molecular weight excluding hydrogens is 356 g/mol. The molecule has 0 unspecified atom stereocenters. The van der Waals surface area contributed by atoms with Gasteiger partial charge in [-0.25, -0.2) is 10.5 Å². The summed E-state index contributed by atoms with van der Waals surface area (Å²) in [6, 6.07) is 11.0. The molecule has 0 bridgehead atoms. The molecule has 1 aromatic carbocycles. The molecule has 0 spiro atoms. The maximum absolute atomic E-state index is 12.0. The molecule has 0 atom stereocenters. The maximum Gasteiger partial charge on any atom is 0.249 e. The number of nitrogens with zero attached hydrogens (tertiary/aromatic N) is 1. The summed E-state index contributed by atoms with van der Waals surface area (Å²) in [5.74, 6) is 1.64. The van der Waals surface area contributed by atoms with E-state index in [0.29, 0.717) is 29.0 Å². The van der Waals surface area contributed by atoms with E-state index in [0.717, 1.165) is 24.2 Å². The van der Waals surface area contributed by atoms with Gasteiger partial charge >= 0.3 is 0 Å². The summed E-state index contributed by atoms with van der Waals surface area (Å²) in [4.78, 5) is 21.6. The number of rotatable bonds is 8. The second kappa shape index (κ2) is 8.69. The Morgan fingerprint density at radius 3 is 2.96 bits per heavy atom. The normalized spacial score (nSPS) is 10.8. The molecule has 3 aromatic rings. The average molecular weight is 375 g/mol. The number of nitrogens with one attached hydrogen (secondary N) is 1. The first-order chi connectivity index (χ1) is 12.6. The van der Waals surface area contributed by atoms with Crippen LogP contribution in [0.5, 0.6) is 0 Å². The van der Waals surface area contributed by atoms with E-state index in [1.807, 2.05) is 24.3 Å². The lowest BCUT2D eigenvalue weighted by Crippen LogP contribution is -2.26. The van der Waals surface area contributed by atoms with E-state index < -0.39 is 0 Å². The molecule has 0 saturated carbocycles. The number of hydroxylamine groups is 1. The fourth-order valence-electron chi connectivity index (χ4n) is 2.43. The van der Waals surface area contributed by atoms with Gasteiger partial charge in [0.25, 0.3) is 0 Å². The number of aryl methyl sites for hydroxylation is 2. The molecule has 1 N–H and O–H groups in total. The van der Waals surface area contributed by atoms with Crippen molar-refractivity contribution < 1.29 is 18.5 Å². The van der Waals surface area contributed by atoms with Gasteiger partial charge in [0.15, 0.2) is 0 Å². The Balaban J connectivity index is 1.47. The van der Waals surface area contributed by atoms with Crippen molar-refractivity contribution in [2.24, 2.45) is 0 Å². The largest absolute Gasteiger partial charge is 0.469 e. The van der Waals surface area contributed by atoms with E-state index in [1.165, 1.54) is 0 Å². The summed E-state index contributed by atoms with van der Waals surface area (Å²) in [6.07, 6.45) is 3.22. The predicted octanol–water partition coefficient (Wildman–Crippen LogP) is 4.12. The smallest absolute Gasteiger partial charge is 0.249 e. The SMILES string of the molecule is Cc1oc(-c2cccc(Cl)c2)nc1CC(=O)NOCCCc1ccco1. The first-order valence-electron chi connectivity index (χ1n) is 8.27. The summed E-state index contributed by atoms with van der Waals surface area (Å²) >= 11 is 5.99. The maximum atomic E-state index is 12.0. The summed E-state index contributed by atoms with van der Waals surface area (Å²) in [7, 11) is 0. The van der Waals surface area contributed by atoms with Crippen LogP contribution in [0.15, 0.2) is 51.5 Å². The van der Waals surface area contributed by atoms with Crippen LogP contribution in [0, 0.1) is 6.92 Å². The third-order valence-electron chi connectivity index (χ3n) is 3.73. The van der Waals surface area contributed by atoms with Gasteiger partial charge in [-0.3, -0.25) is 9.63 Å². The van der Waals surface area contributed by atoms with Crippen LogP contribution in [0.4, 0.5) is 0 Å². The third kappa shape index (κ3) is 4.97. The number of hydrogen-bond donors (Lipinski definition) is 1. The second-order valence-electron chi connectivity index (χ2n) is 5.77. The van der Waals surface area contributed by atoms with Crippen LogP contribution >= 0.6 is 11.6 Å². The zero-order valence-corrected chi connectivity index (χ0v) is 15.1. The molecule has 0 saturated heterocycles. The number of oxazole rings is 1. The molecule has 0 aliphatic rings. The van der Waals surface area contributed by atoms with E-state index in [2.05, 4.69) is 10.5 Å². The number of hydrogen-bond acceptors (Lipinski definition) is 5. The molecule has 2 heterocycles. The van der Waals surface area contributed by atoms with Crippen LogP contribution in [0.2, 0.25) is 5.02 Å². The Bertz CT molecular complexity index is 858. The molecule has 2 aromatic heterocycles. The van der Waals surface area contributed by atoms with Gasteiger partial charge in [0.2, 0.25) is 11.8 Å². The van der Waals surface area contributed by atoms with E-state index in [9.17, 15) is 4.79 Å². The fraction of sp³-hybridized carbons (Fsp3) is 0.263. The van der Waals surface area contributed by atoms with Gasteiger partial charge in [-0.2, -0.15) is 0 Å². The quantitative estimate of drug-likeness (QED) is 0.474. The summed E-state index contributed by atoms with van der Waals surface area (Å²) in [6.45, 7) is 2.17. The van der Waals surface area contributed by atoms with Gasteiger partial charge in [0.1, 0.15) is 11.5 Å². The van der Waals surface area contributed by atoms with Crippen molar-refractivity contribution in [3.05, 3.63) is 64.9 Å². The first-order valence-corrected chi connectivity index (χ1v) is 8.65. The van der Waals surface area contributed by atoms with Crippen LogP contribution in [-0.4, -0.2) is 17.5 Å². The lowest BCUT2D eigenvalue weighted by molar-refractivity contribution is -0.133. The van der Waals surface area contributed by atoms with Crippen molar-refractivity contribution in [3.8, 4) is 11.5 Å². The minimum atomic E-state index is -0.281. The number of furan rings is 1. The van der Waals surface area contributed by atoms with E-state index in [4.69, 9.17) is 25.3 Å². The van der Waals surface area contributed by atoms with Gasteiger partial charge in [0, 0.05) is 17.0 Å². The zero-order chi connectivity index (χ0) is 18.4. The van der Waals surface area contributed by atoms with Crippen LogP contribution < -0.4 is 5.48 Å². The van der Waals surface area contributed by atoms with Crippen molar-refractivity contribution in [2.75, 3.05) is 6.61 Å². The Kier molecular flexibility index (Phi) is 6.09. The zero-order valence-electron chi connectivity index (χ0n) is 14.3. The Morgan fingerprint density at radius 2 is 2.19 bits per heavy atom. The van der Waals surface area contributed by atoms with E-state index in [1.54, 1.807) is 25.3 Å². The standard InChI is InChI=1S/C19H19ClN2O4/c1-13-17(21-19(26-13)14-5-2-6-15(20)11-14)12-18(23)22-25-10-4-8-16-7-3-9-24-16/h2-3,5-7,9,11H,4,8,10,12H2,1H3,(H,22,23). The van der Waals surface area contributed by atoms with Gasteiger partial charge < -0.3 is 8.83 Å². The highest BCUT2D eigenvalue weighted by Gasteiger charge is 2.15. The van der Waals surface area contributed by atoms with Crippen LogP contribution in [0.25, 0.3) is 11.5 Å². The van der Waals surface area contributed by atoms with Crippen LogP contribution in [0.1, 0.15) is 23.6 Å². The minimum Gasteiger partial charge on any atom is -0.469 e. The lowest BCUT2D eigenvalue weighted by atomic mass is 10.2. The Morgan fingerprint density at radius 1 is 1.31 bits per heavy atom. The number of carbonyl (C=O) groups excluding carboxylic acids is 1. The molecule has 3 rings (SSSR count). The van der Waals surface area contributed by atoms with E-state index >= 15 is 0 Å². The molecular formula is C19H19ClN2O4. The molecule has 7 heteroatoms. The summed E-state index contributed by atoms with van der Waals surface area (Å²) < 4.78 is 10.9. The third-order valence-corrected chi connectivity index (χ3v) is 3.96. The van der Waals surface area contributed by atoms with Crippen LogP contribution in [0.3, 0.4) is 0 Å². The highest BCUT2D eigenvalue weighted by molar-refractivity contribution is 6.30. The Labute approximate surface area is 156 Å². The predicted molar refractivity (Wildman–Crippen MR) is 96.5 cm³/mol. The molecule has 0 radical (unpaired) electrons. The summed E-state index contributed by atoms with van der Waals surface area (Å²) in [5, 5.41) is 0.598. The number of carbonyl (C=O) groups is 1. The van der Waals surface area contributed by atoms with Crippen LogP contribution in [-0.2, 0) is 22.5 Å². The van der Waals surface area contributed by atoms with Gasteiger partial charge in [-0.15, -0.1) is 0 Å². The highest BCUT2D eigenvalue weighted by atomic mass is 35.5. The van der Waals surface area contributed by atoms with Crippen molar-refractivity contribution in [1.82, 2.24) is 10.5 Å². The van der Waals surface area contributed by atoms with E-state index in [-0.39, 0.29) is 12.3 Å². The average Bonchev–Trinajstić information content (AvgIpc) is 3.25. The van der Waals surface area contributed by atoms with Gasteiger partial charge in [0.05, 0.1) is 25.0 Å². The summed E-state index contributed by atoms with van der Waals surface area (Å²) in [5.41, 5.74) is 3.76. The Hall–Kier alpha value is -2.57. The monoisotopic (exact) mass is 374 g/mol. The number of amides is 1. The number of halogens is 1. The number of aromatic nitrogens is 1. The minimum absolute atomic E-state index is 0.0775. The number of benzene rings is 1. The molecule has 0 aliphatic heterocycles. The van der Waals surface area contributed by atoms with Crippen molar-refractivity contribution in [2.45, 2.75) is 26.2 Å². The molecule has 0 fully saturated rings. The highest BCUT2D eigenvalue weighted by Crippen LogP contribution is 2.24. The molecule has 26 heavy (non-hydrogen) atoms. The van der Waals surface area contributed by atoms with Crippen molar-refractivity contribution in [3.63, 3.8) is 0 Å². The molecule has 0 aliphatic carbocycles. The van der Waals surface area contributed by atoms with Gasteiger partial charge in [-0.1, -0.05) is 17.7 Å². The second-order valence-corrected chi connectivity index (χ2v) is 6.20. The topological polar surface area (TPSA) is 77.5 Å². The van der Waals surface area contributed by atoms with Gasteiger partial charge in [-0.05, 0) is 43.7 Å². The van der Waals surface area contributed by atoms with Crippen molar-refractivity contribution >= 4 is 17.5 Å². The lowest BCUT2D eigenvalue weighted by Gasteiger charge is -2.04. The molecule has 6 nitrogen and oxygen atoms in total. The molecule has 1 amide bonds. The van der Waals surface area contributed by atoms with Crippen molar-refractivity contribution in [1.29, 1.82) is 0 Å². The fourth-order valence-corrected chi connectivity index (χ4v) is 2.62. The first kappa shape index (κ1) is 18.2. The molecule has 136 valence electrons.